The maximum absolute atomic E-state index is 13.0. The van der Waals surface area contributed by atoms with Gasteiger partial charge in [0.2, 0.25) is 5.91 Å². The van der Waals surface area contributed by atoms with Crippen molar-refractivity contribution in [1.29, 1.82) is 0 Å². The molecule has 0 bridgehead atoms. The smallest absolute Gasteiger partial charge is 0.326 e. The largest absolute Gasteiger partial charge is 0.416 e. The minimum atomic E-state index is -4.92. The van der Waals surface area contributed by atoms with Gasteiger partial charge in [0.1, 0.15) is 0 Å². The van der Waals surface area contributed by atoms with Gasteiger partial charge in [-0.3, -0.25) is 4.79 Å². The predicted octanol–water partition coefficient (Wildman–Crippen LogP) is 7.30. The van der Waals surface area contributed by atoms with E-state index in [-0.39, 0.29) is 24.5 Å². The first-order valence-electron chi connectivity index (χ1n) is 9.20. The molecule has 168 valence electrons. The zero-order chi connectivity index (χ0) is 23.6. The van der Waals surface area contributed by atoms with E-state index in [0.717, 1.165) is 21.2 Å². The Labute approximate surface area is 184 Å². The highest BCUT2D eigenvalue weighted by atomic mass is 79.9. The molecule has 0 radical (unpaired) electrons. The van der Waals surface area contributed by atoms with E-state index in [9.17, 15) is 31.1 Å². The Balaban J connectivity index is 2.23. The first kappa shape index (κ1) is 25.0. The fraction of sp³-hybridized carbons (Fsp3) is 0.318. The third-order valence-electron chi connectivity index (χ3n) is 4.52. The summed E-state index contributed by atoms with van der Waals surface area (Å²) in [5, 5.41) is 2.74. The topological polar surface area (TPSA) is 29.1 Å². The summed E-state index contributed by atoms with van der Waals surface area (Å²) in [7, 11) is 0. The molecular formula is C22H20BrF6NO. The number of aryl methyl sites for hydroxylation is 2. The van der Waals surface area contributed by atoms with Crippen LogP contribution in [0.25, 0.3) is 5.70 Å². The van der Waals surface area contributed by atoms with Gasteiger partial charge in [-0.15, -0.1) is 0 Å². The fourth-order valence-electron chi connectivity index (χ4n) is 2.95. The van der Waals surface area contributed by atoms with Crippen molar-refractivity contribution in [3.8, 4) is 0 Å². The molecule has 2 aromatic rings. The van der Waals surface area contributed by atoms with Crippen molar-refractivity contribution >= 4 is 27.5 Å². The highest BCUT2D eigenvalue weighted by Crippen LogP contribution is 2.36. The van der Waals surface area contributed by atoms with Crippen LogP contribution in [0.15, 0.2) is 46.4 Å². The van der Waals surface area contributed by atoms with Gasteiger partial charge in [-0.2, -0.15) is 26.3 Å². The monoisotopic (exact) mass is 507 g/mol. The van der Waals surface area contributed by atoms with Crippen molar-refractivity contribution in [2.45, 2.75) is 46.0 Å². The number of rotatable bonds is 5. The highest BCUT2D eigenvalue weighted by Gasteiger charge is 2.36. The summed E-state index contributed by atoms with van der Waals surface area (Å²) < 4.78 is 78.8. The lowest BCUT2D eigenvalue weighted by Crippen LogP contribution is -2.23. The van der Waals surface area contributed by atoms with Gasteiger partial charge in [0, 0.05) is 22.2 Å². The van der Waals surface area contributed by atoms with Gasteiger partial charge in [0.05, 0.1) is 11.1 Å². The molecule has 0 heterocycles. The zero-order valence-electron chi connectivity index (χ0n) is 16.9. The molecule has 2 aromatic carbocycles. The van der Waals surface area contributed by atoms with Gasteiger partial charge in [-0.1, -0.05) is 27.6 Å². The van der Waals surface area contributed by atoms with Crippen molar-refractivity contribution in [3.05, 3.63) is 74.3 Å². The molecular weight excluding hydrogens is 488 g/mol. The van der Waals surface area contributed by atoms with Crippen LogP contribution >= 0.6 is 15.9 Å². The van der Waals surface area contributed by atoms with Crippen LogP contribution in [0.5, 0.6) is 0 Å². The van der Waals surface area contributed by atoms with Crippen LogP contribution in [0.3, 0.4) is 0 Å². The summed E-state index contributed by atoms with van der Waals surface area (Å²) >= 11 is 3.37. The molecule has 0 atom stereocenters. The number of nitrogens with one attached hydrogen (secondary N) is 1. The van der Waals surface area contributed by atoms with Gasteiger partial charge in [-0.05, 0) is 68.7 Å². The summed E-state index contributed by atoms with van der Waals surface area (Å²) in [6.07, 6.45) is -10.4. The van der Waals surface area contributed by atoms with E-state index in [0.29, 0.717) is 17.8 Å². The molecule has 0 aromatic heterocycles. The first-order chi connectivity index (χ1) is 14.2. The highest BCUT2D eigenvalue weighted by molar-refractivity contribution is 9.10. The van der Waals surface area contributed by atoms with Gasteiger partial charge in [0.25, 0.3) is 0 Å². The number of allylic oxidation sites excluding steroid dienone is 1. The Morgan fingerprint density at radius 1 is 0.935 bits per heavy atom. The average Bonchev–Trinajstić information content (AvgIpc) is 2.64. The zero-order valence-corrected chi connectivity index (χ0v) is 18.5. The molecule has 0 aliphatic heterocycles. The number of carbonyl (C=O) groups is 1. The van der Waals surface area contributed by atoms with Gasteiger partial charge >= 0.3 is 12.4 Å². The van der Waals surface area contributed by atoms with Crippen molar-refractivity contribution in [3.63, 3.8) is 0 Å². The number of hydrogen-bond acceptors (Lipinski definition) is 1. The minimum absolute atomic E-state index is 0.0703. The summed E-state index contributed by atoms with van der Waals surface area (Å²) in [4.78, 5) is 12.5. The number of alkyl halides is 6. The second-order valence-electron chi connectivity index (χ2n) is 7.30. The van der Waals surface area contributed by atoms with Crippen LogP contribution in [0.1, 0.15) is 48.1 Å². The molecule has 31 heavy (non-hydrogen) atoms. The van der Waals surface area contributed by atoms with E-state index >= 15 is 0 Å². The first-order valence-corrected chi connectivity index (χ1v) is 10.00. The SMILES string of the molecule is CC(C)=C(NC(=O)CCc1cc(C(F)(F)F)cc(C(F)(F)F)c1)c1cc(Br)ccc1C. The third-order valence-corrected chi connectivity index (χ3v) is 5.01. The summed E-state index contributed by atoms with van der Waals surface area (Å²) in [5.41, 5.74) is -0.00000313. The molecule has 0 aliphatic rings. The Hall–Kier alpha value is -2.29. The molecule has 2 nitrogen and oxygen atoms in total. The van der Waals surface area contributed by atoms with E-state index in [1.807, 2.05) is 25.1 Å². The second-order valence-corrected chi connectivity index (χ2v) is 8.21. The van der Waals surface area contributed by atoms with E-state index < -0.39 is 29.4 Å². The van der Waals surface area contributed by atoms with Crippen LogP contribution in [0.2, 0.25) is 0 Å². The van der Waals surface area contributed by atoms with Crippen LogP contribution in [-0.2, 0) is 23.6 Å². The molecule has 0 spiro atoms. The van der Waals surface area contributed by atoms with E-state index in [1.54, 1.807) is 13.8 Å². The Morgan fingerprint density at radius 2 is 1.48 bits per heavy atom. The predicted molar refractivity (Wildman–Crippen MR) is 110 cm³/mol. The van der Waals surface area contributed by atoms with Crippen LogP contribution in [-0.4, -0.2) is 5.91 Å². The lowest BCUT2D eigenvalue weighted by Gasteiger charge is -2.16. The van der Waals surface area contributed by atoms with Crippen molar-refractivity contribution in [2.24, 2.45) is 0 Å². The Morgan fingerprint density at radius 3 is 1.97 bits per heavy atom. The number of carbonyl (C=O) groups excluding carboxylic acids is 1. The summed E-state index contributed by atoms with van der Waals surface area (Å²) in [6, 6.07) is 6.87. The van der Waals surface area contributed by atoms with Crippen LogP contribution in [0.4, 0.5) is 26.3 Å². The number of benzene rings is 2. The molecule has 1 amide bonds. The molecule has 0 aliphatic carbocycles. The minimum Gasteiger partial charge on any atom is -0.326 e. The summed E-state index contributed by atoms with van der Waals surface area (Å²) in [5.74, 6) is -0.512. The maximum Gasteiger partial charge on any atom is 0.416 e. The van der Waals surface area contributed by atoms with Gasteiger partial charge < -0.3 is 5.32 Å². The van der Waals surface area contributed by atoms with E-state index in [1.165, 1.54) is 0 Å². The Bertz CT molecular complexity index is 972. The number of halogens is 7. The van der Waals surface area contributed by atoms with Gasteiger partial charge in [0.15, 0.2) is 0 Å². The second kappa shape index (κ2) is 9.46. The maximum atomic E-state index is 13.0. The van der Waals surface area contributed by atoms with E-state index in [2.05, 4.69) is 21.2 Å². The quantitative estimate of drug-likeness (QED) is 0.422. The van der Waals surface area contributed by atoms with Crippen molar-refractivity contribution in [1.82, 2.24) is 5.32 Å². The Kier molecular flexibility index (Phi) is 7.62. The van der Waals surface area contributed by atoms with E-state index in [4.69, 9.17) is 0 Å². The molecule has 1 N–H and O–H groups in total. The van der Waals surface area contributed by atoms with Crippen LogP contribution < -0.4 is 5.32 Å². The molecule has 2 rings (SSSR count). The lowest BCUT2D eigenvalue weighted by atomic mass is 10.0. The standard InChI is InChI=1S/C22H20BrF6NO/c1-12(2)20(18-11-17(23)6-4-13(18)3)30-19(31)7-5-14-8-15(21(24,25)26)10-16(9-14)22(27,28)29/h4,6,8-11H,5,7H2,1-3H3,(H,30,31). The normalized spacial score (nSPS) is 11.9. The molecule has 0 saturated heterocycles. The molecule has 9 heteroatoms. The molecule has 0 fully saturated rings. The van der Waals surface area contributed by atoms with Gasteiger partial charge in [-0.25, -0.2) is 0 Å². The third kappa shape index (κ3) is 6.85. The fourth-order valence-corrected chi connectivity index (χ4v) is 3.31. The summed E-state index contributed by atoms with van der Waals surface area (Å²) in [6.45, 7) is 5.44. The average molecular weight is 508 g/mol. The lowest BCUT2D eigenvalue weighted by molar-refractivity contribution is -0.143. The number of amides is 1. The van der Waals surface area contributed by atoms with Crippen LogP contribution in [0, 0.1) is 6.92 Å². The number of hydrogen-bond donors (Lipinski definition) is 1. The van der Waals surface area contributed by atoms with Crippen molar-refractivity contribution < 1.29 is 31.1 Å². The molecule has 0 saturated carbocycles. The molecule has 0 unspecified atom stereocenters. The van der Waals surface area contributed by atoms with Crippen molar-refractivity contribution in [2.75, 3.05) is 0 Å².